The molecule has 0 aromatic heterocycles. The molecule has 19 heavy (non-hydrogen) atoms. The lowest BCUT2D eigenvalue weighted by Gasteiger charge is -2.30. The lowest BCUT2D eigenvalue weighted by Crippen LogP contribution is -2.41. The molecule has 2 fully saturated rings. The van der Waals surface area contributed by atoms with Gasteiger partial charge in [0.2, 0.25) is 0 Å². The molecule has 1 N–H and O–H groups in total. The fourth-order valence-electron chi connectivity index (χ4n) is 3.69. The quantitative estimate of drug-likeness (QED) is 0.748. The first-order valence-electron chi connectivity index (χ1n) is 8.64. The molecule has 2 aliphatic rings. The van der Waals surface area contributed by atoms with Crippen LogP contribution in [0.3, 0.4) is 0 Å². The Morgan fingerprint density at radius 3 is 2.37 bits per heavy atom. The first kappa shape index (κ1) is 15.3. The predicted molar refractivity (Wildman–Crippen MR) is 81.4 cm³/mol. The van der Waals surface area contributed by atoms with Crippen LogP contribution < -0.4 is 5.32 Å². The van der Waals surface area contributed by atoms with Gasteiger partial charge in [0, 0.05) is 6.04 Å². The molecular weight excluding hydrogens is 234 g/mol. The molecule has 2 rings (SSSR count). The molecule has 0 radical (unpaired) electrons. The van der Waals surface area contributed by atoms with E-state index in [9.17, 15) is 0 Å². The van der Waals surface area contributed by atoms with Crippen LogP contribution in [0.2, 0.25) is 0 Å². The number of hydrogen-bond acceptors (Lipinski definition) is 2. The zero-order valence-electron chi connectivity index (χ0n) is 13.0. The molecule has 0 bridgehead atoms. The average Bonchev–Trinajstić information content (AvgIpc) is 2.95. The first-order valence-corrected chi connectivity index (χ1v) is 8.64. The van der Waals surface area contributed by atoms with E-state index >= 15 is 0 Å². The van der Waals surface area contributed by atoms with E-state index in [0.717, 1.165) is 25.0 Å². The van der Waals surface area contributed by atoms with E-state index in [-0.39, 0.29) is 0 Å². The second-order valence-corrected chi connectivity index (χ2v) is 6.82. The van der Waals surface area contributed by atoms with Crippen LogP contribution in [-0.2, 0) is 4.74 Å². The molecule has 0 heterocycles. The van der Waals surface area contributed by atoms with Crippen LogP contribution in [0.25, 0.3) is 0 Å². The van der Waals surface area contributed by atoms with Gasteiger partial charge in [-0.05, 0) is 63.3 Å². The Labute approximate surface area is 119 Å². The summed E-state index contributed by atoms with van der Waals surface area (Å²) in [6, 6.07) is 0.613. The Hall–Kier alpha value is -0.0800. The van der Waals surface area contributed by atoms with Crippen molar-refractivity contribution in [3.05, 3.63) is 0 Å². The van der Waals surface area contributed by atoms with E-state index in [1.807, 2.05) is 0 Å². The lowest BCUT2D eigenvalue weighted by atomic mass is 9.89. The van der Waals surface area contributed by atoms with Gasteiger partial charge in [0.1, 0.15) is 0 Å². The Morgan fingerprint density at radius 2 is 1.74 bits per heavy atom. The summed E-state index contributed by atoms with van der Waals surface area (Å²) in [6.07, 6.45) is 12.7. The SMILES string of the molecule is CCCNC(COC1CCC(C)CC1)C1CCCC1. The van der Waals surface area contributed by atoms with Crippen molar-refractivity contribution in [2.75, 3.05) is 13.2 Å². The third kappa shape index (κ3) is 5.07. The highest BCUT2D eigenvalue weighted by Crippen LogP contribution is 2.29. The van der Waals surface area contributed by atoms with Crippen LogP contribution in [0.4, 0.5) is 0 Å². The Bertz CT molecular complexity index is 229. The van der Waals surface area contributed by atoms with Crippen molar-refractivity contribution in [3.63, 3.8) is 0 Å². The highest BCUT2D eigenvalue weighted by molar-refractivity contribution is 4.81. The first-order chi connectivity index (χ1) is 9.29. The van der Waals surface area contributed by atoms with Crippen molar-refractivity contribution in [1.82, 2.24) is 5.32 Å². The van der Waals surface area contributed by atoms with Gasteiger partial charge in [0.05, 0.1) is 12.7 Å². The van der Waals surface area contributed by atoms with Crippen LogP contribution in [0.5, 0.6) is 0 Å². The highest BCUT2D eigenvalue weighted by atomic mass is 16.5. The molecule has 112 valence electrons. The zero-order chi connectivity index (χ0) is 13.5. The number of hydrogen-bond donors (Lipinski definition) is 1. The normalized spacial score (nSPS) is 30.6. The molecule has 0 spiro atoms. The number of ether oxygens (including phenoxy) is 1. The molecule has 2 heteroatoms. The molecular formula is C17H33NO. The standard InChI is InChI=1S/C17H33NO/c1-3-12-18-17(15-6-4-5-7-15)13-19-16-10-8-14(2)9-11-16/h14-18H,3-13H2,1-2H3. The summed E-state index contributed by atoms with van der Waals surface area (Å²) < 4.78 is 6.24. The van der Waals surface area contributed by atoms with E-state index < -0.39 is 0 Å². The van der Waals surface area contributed by atoms with Gasteiger partial charge in [-0.3, -0.25) is 0 Å². The summed E-state index contributed by atoms with van der Waals surface area (Å²) >= 11 is 0. The number of rotatable bonds is 7. The highest BCUT2D eigenvalue weighted by Gasteiger charge is 2.26. The van der Waals surface area contributed by atoms with Crippen LogP contribution in [0.1, 0.15) is 71.6 Å². The summed E-state index contributed by atoms with van der Waals surface area (Å²) in [5.74, 6) is 1.79. The largest absolute Gasteiger partial charge is 0.377 e. The molecule has 0 aromatic rings. The average molecular weight is 267 g/mol. The van der Waals surface area contributed by atoms with E-state index in [4.69, 9.17) is 4.74 Å². The van der Waals surface area contributed by atoms with Crippen LogP contribution in [0, 0.1) is 11.8 Å². The fraction of sp³-hybridized carbons (Fsp3) is 1.00. The van der Waals surface area contributed by atoms with Crippen molar-refractivity contribution in [2.45, 2.75) is 83.8 Å². The molecule has 1 unspecified atom stereocenters. The molecule has 0 aromatic carbocycles. The van der Waals surface area contributed by atoms with Crippen molar-refractivity contribution in [2.24, 2.45) is 11.8 Å². The van der Waals surface area contributed by atoms with E-state index in [1.165, 1.54) is 57.8 Å². The van der Waals surface area contributed by atoms with E-state index in [0.29, 0.717) is 12.1 Å². The molecule has 2 aliphatic carbocycles. The van der Waals surface area contributed by atoms with E-state index in [2.05, 4.69) is 19.2 Å². The maximum atomic E-state index is 6.24. The second-order valence-electron chi connectivity index (χ2n) is 6.82. The van der Waals surface area contributed by atoms with Gasteiger partial charge < -0.3 is 10.1 Å². The Morgan fingerprint density at radius 1 is 1.05 bits per heavy atom. The molecule has 1 atom stereocenters. The fourth-order valence-corrected chi connectivity index (χ4v) is 3.69. The maximum Gasteiger partial charge on any atom is 0.0626 e. The van der Waals surface area contributed by atoms with Crippen LogP contribution in [0.15, 0.2) is 0 Å². The van der Waals surface area contributed by atoms with Gasteiger partial charge in [0.25, 0.3) is 0 Å². The summed E-state index contributed by atoms with van der Waals surface area (Å²) in [6.45, 7) is 6.72. The molecule has 0 aliphatic heterocycles. The van der Waals surface area contributed by atoms with Gasteiger partial charge in [-0.25, -0.2) is 0 Å². The van der Waals surface area contributed by atoms with Crippen molar-refractivity contribution in [1.29, 1.82) is 0 Å². The Kier molecular flexibility index (Phi) is 6.66. The van der Waals surface area contributed by atoms with Crippen molar-refractivity contribution in [3.8, 4) is 0 Å². The van der Waals surface area contributed by atoms with E-state index in [1.54, 1.807) is 0 Å². The minimum atomic E-state index is 0.545. The summed E-state index contributed by atoms with van der Waals surface area (Å²) in [5, 5.41) is 3.73. The topological polar surface area (TPSA) is 21.3 Å². The van der Waals surface area contributed by atoms with Crippen LogP contribution in [-0.4, -0.2) is 25.3 Å². The molecule has 2 saturated carbocycles. The van der Waals surface area contributed by atoms with Gasteiger partial charge in [-0.2, -0.15) is 0 Å². The van der Waals surface area contributed by atoms with Gasteiger partial charge in [0.15, 0.2) is 0 Å². The zero-order valence-corrected chi connectivity index (χ0v) is 13.0. The Balaban J connectivity index is 1.72. The summed E-state index contributed by atoms with van der Waals surface area (Å²) in [5.41, 5.74) is 0. The third-order valence-corrected chi connectivity index (χ3v) is 5.10. The van der Waals surface area contributed by atoms with Crippen LogP contribution >= 0.6 is 0 Å². The second kappa shape index (κ2) is 8.26. The van der Waals surface area contributed by atoms with Crippen molar-refractivity contribution >= 4 is 0 Å². The molecule has 0 amide bonds. The summed E-state index contributed by atoms with van der Waals surface area (Å²) in [7, 11) is 0. The van der Waals surface area contributed by atoms with Gasteiger partial charge in [-0.15, -0.1) is 0 Å². The predicted octanol–water partition coefficient (Wildman–Crippen LogP) is 4.14. The lowest BCUT2D eigenvalue weighted by molar-refractivity contribution is 0.000345. The maximum absolute atomic E-state index is 6.24. The molecule has 2 nitrogen and oxygen atoms in total. The van der Waals surface area contributed by atoms with Crippen molar-refractivity contribution < 1.29 is 4.74 Å². The molecule has 0 saturated heterocycles. The minimum absolute atomic E-state index is 0.545. The minimum Gasteiger partial charge on any atom is -0.377 e. The van der Waals surface area contributed by atoms with Gasteiger partial charge in [-0.1, -0.05) is 26.7 Å². The monoisotopic (exact) mass is 267 g/mol. The summed E-state index contributed by atoms with van der Waals surface area (Å²) in [4.78, 5) is 0. The van der Waals surface area contributed by atoms with Gasteiger partial charge >= 0.3 is 0 Å². The third-order valence-electron chi connectivity index (χ3n) is 5.10. The smallest absolute Gasteiger partial charge is 0.0626 e. The number of nitrogens with one attached hydrogen (secondary N) is 1.